The van der Waals surface area contributed by atoms with Crippen molar-refractivity contribution in [2.75, 3.05) is 32.1 Å². The second-order valence-electron chi connectivity index (χ2n) is 6.79. The van der Waals surface area contributed by atoms with Crippen molar-refractivity contribution in [2.45, 2.75) is 32.4 Å². The fourth-order valence-electron chi connectivity index (χ4n) is 3.32. The van der Waals surface area contributed by atoms with Gasteiger partial charge in [-0.2, -0.15) is 0 Å². The molecule has 1 aromatic carbocycles. The van der Waals surface area contributed by atoms with Gasteiger partial charge in [0.05, 0.1) is 13.7 Å². The van der Waals surface area contributed by atoms with E-state index in [1.54, 1.807) is 12.1 Å². The lowest BCUT2D eigenvalue weighted by Gasteiger charge is -2.32. The second kappa shape index (κ2) is 9.84. The van der Waals surface area contributed by atoms with Gasteiger partial charge in [0, 0.05) is 31.7 Å². The molecule has 0 amide bonds. The van der Waals surface area contributed by atoms with E-state index in [0.717, 1.165) is 38.0 Å². The molecule has 29 heavy (non-hydrogen) atoms. The normalized spacial score (nSPS) is 15.2. The van der Waals surface area contributed by atoms with Gasteiger partial charge in [-0.3, -0.25) is 4.90 Å². The predicted octanol–water partition coefficient (Wildman–Crippen LogP) is 3.53. The molecule has 0 aliphatic carbocycles. The zero-order valence-electron chi connectivity index (χ0n) is 16.5. The number of benzene rings is 1. The van der Waals surface area contributed by atoms with Crippen molar-refractivity contribution in [3.05, 3.63) is 46.6 Å². The molecule has 0 spiro atoms. The van der Waals surface area contributed by atoms with Crippen LogP contribution in [0.25, 0.3) is 0 Å². The number of likely N-dealkylation sites (tertiary alicyclic amines) is 1. The molecule has 0 radical (unpaired) electrons. The van der Waals surface area contributed by atoms with Crippen LogP contribution in [0.4, 0.5) is 10.2 Å². The highest BCUT2D eigenvalue weighted by Gasteiger charge is 2.21. The quantitative estimate of drug-likeness (QED) is 0.540. The van der Waals surface area contributed by atoms with Gasteiger partial charge in [0.1, 0.15) is 5.82 Å². The number of nitrogens with one attached hydrogen (secondary N) is 1. The Morgan fingerprint density at radius 1 is 1.31 bits per heavy atom. The van der Waals surface area contributed by atoms with Crippen molar-refractivity contribution in [3.8, 4) is 5.75 Å². The number of piperidine rings is 1. The summed E-state index contributed by atoms with van der Waals surface area (Å²) in [5.41, 5.74) is 1.14. The lowest BCUT2D eigenvalue weighted by atomic mass is 10.0. The van der Waals surface area contributed by atoms with Crippen LogP contribution in [0, 0.1) is 5.82 Å². The summed E-state index contributed by atoms with van der Waals surface area (Å²) in [6, 6.07) is 6.75. The number of hydrogen-bond acceptors (Lipinski definition) is 7. The molecule has 1 aromatic heterocycles. The molecule has 1 saturated heterocycles. The highest BCUT2D eigenvalue weighted by molar-refractivity contribution is 6.28. The lowest BCUT2D eigenvalue weighted by molar-refractivity contribution is 0.0594. The minimum atomic E-state index is -0.558. The van der Waals surface area contributed by atoms with Gasteiger partial charge in [0.2, 0.25) is 5.28 Å². The Hall–Kier alpha value is -2.45. The molecule has 9 heteroatoms. The van der Waals surface area contributed by atoms with Crippen molar-refractivity contribution in [2.24, 2.45) is 0 Å². The largest absolute Gasteiger partial charge is 0.491 e. The summed E-state index contributed by atoms with van der Waals surface area (Å²) >= 11 is 5.91. The van der Waals surface area contributed by atoms with Gasteiger partial charge in [-0.25, -0.2) is 19.2 Å². The van der Waals surface area contributed by atoms with E-state index in [9.17, 15) is 9.18 Å². The van der Waals surface area contributed by atoms with Crippen LogP contribution >= 0.6 is 11.6 Å². The van der Waals surface area contributed by atoms with Crippen LogP contribution in [0.1, 0.15) is 35.8 Å². The lowest BCUT2D eigenvalue weighted by Crippen LogP contribution is -2.38. The standard InChI is InChI=1S/C20H24ClFN4O3/c1-3-29-17-10-13(4-5-15(17)22)12-26-8-6-14(7-9-26)23-18-11-16(19(27)28-2)24-20(21)25-18/h4-5,10-11,14H,3,6-9,12H2,1-2H3,(H,23,24,25). The topological polar surface area (TPSA) is 76.6 Å². The van der Waals surface area contributed by atoms with Gasteiger partial charge in [0.25, 0.3) is 0 Å². The fourth-order valence-corrected chi connectivity index (χ4v) is 3.50. The van der Waals surface area contributed by atoms with E-state index in [1.165, 1.54) is 19.2 Å². The molecule has 0 bridgehead atoms. The molecule has 1 aliphatic rings. The number of ether oxygens (including phenoxy) is 2. The smallest absolute Gasteiger partial charge is 0.356 e. The number of halogens is 2. The molecule has 2 aromatic rings. The molecule has 1 N–H and O–H groups in total. The number of hydrogen-bond donors (Lipinski definition) is 1. The minimum Gasteiger partial charge on any atom is -0.491 e. The van der Waals surface area contributed by atoms with Crippen LogP contribution < -0.4 is 10.1 Å². The highest BCUT2D eigenvalue weighted by atomic mass is 35.5. The summed E-state index contributed by atoms with van der Waals surface area (Å²) in [4.78, 5) is 22.0. The summed E-state index contributed by atoms with van der Waals surface area (Å²) in [6.45, 7) is 4.76. The monoisotopic (exact) mass is 422 g/mol. The molecule has 0 saturated carbocycles. The highest BCUT2D eigenvalue weighted by Crippen LogP contribution is 2.22. The Labute approximate surface area is 174 Å². The van der Waals surface area contributed by atoms with Crippen LogP contribution in [-0.2, 0) is 11.3 Å². The van der Waals surface area contributed by atoms with Gasteiger partial charge < -0.3 is 14.8 Å². The Bertz CT molecular complexity index is 860. The van der Waals surface area contributed by atoms with E-state index in [1.807, 2.05) is 6.92 Å². The molecule has 3 rings (SSSR count). The third-order valence-corrected chi connectivity index (χ3v) is 4.90. The number of carbonyl (C=O) groups is 1. The van der Waals surface area contributed by atoms with E-state index in [0.29, 0.717) is 18.2 Å². The first kappa shape index (κ1) is 21.3. The van der Waals surface area contributed by atoms with Gasteiger partial charge in [-0.1, -0.05) is 6.07 Å². The number of rotatable bonds is 7. The Kier molecular flexibility index (Phi) is 7.22. The first-order valence-electron chi connectivity index (χ1n) is 9.51. The Balaban J connectivity index is 1.55. The molecule has 1 fully saturated rings. The zero-order valence-corrected chi connectivity index (χ0v) is 17.2. The Morgan fingerprint density at radius 3 is 2.76 bits per heavy atom. The maximum Gasteiger partial charge on any atom is 0.356 e. The molecule has 0 unspecified atom stereocenters. The summed E-state index contributed by atoms with van der Waals surface area (Å²) in [5.74, 6) is -0.0985. The van der Waals surface area contributed by atoms with E-state index >= 15 is 0 Å². The maximum absolute atomic E-state index is 13.7. The van der Waals surface area contributed by atoms with Crippen LogP contribution in [0.2, 0.25) is 5.28 Å². The fraction of sp³-hybridized carbons (Fsp3) is 0.450. The average molecular weight is 423 g/mol. The van der Waals surface area contributed by atoms with Gasteiger partial charge in [-0.05, 0) is 49.1 Å². The SMILES string of the molecule is CCOc1cc(CN2CCC(Nc3cc(C(=O)OC)nc(Cl)n3)CC2)ccc1F. The summed E-state index contributed by atoms with van der Waals surface area (Å²) < 4.78 is 23.7. The van der Waals surface area contributed by atoms with Crippen LogP contribution in [-0.4, -0.2) is 53.7 Å². The van der Waals surface area contributed by atoms with Gasteiger partial charge >= 0.3 is 5.97 Å². The first-order chi connectivity index (χ1) is 14.0. The summed E-state index contributed by atoms with van der Waals surface area (Å²) in [5, 5.41) is 3.31. The molecule has 1 aliphatic heterocycles. The van der Waals surface area contributed by atoms with Crippen LogP contribution in [0.5, 0.6) is 5.75 Å². The van der Waals surface area contributed by atoms with Crippen molar-refractivity contribution >= 4 is 23.4 Å². The second-order valence-corrected chi connectivity index (χ2v) is 7.13. The van der Waals surface area contributed by atoms with E-state index < -0.39 is 5.97 Å². The number of carbonyl (C=O) groups excluding carboxylic acids is 1. The molecule has 156 valence electrons. The zero-order chi connectivity index (χ0) is 20.8. The maximum atomic E-state index is 13.7. The molecular weight excluding hydrogens is 399 g/mol. The minimum absolute atomic E-state index is 0.00533. The van der Waals surface area contributed by atoms with Gasteiger partial charge in [-0.15, -0.1) is 0 Å². The third kappa shape index (κ3) is 5.77. The van der Waals surface area contributed by atoms with Crippen LogP contribution in [0.3, 0.4) is 0 Å². The summed E-state index contributed by atoms with van der Waals surface area (Å²) in [6.07, 6.45) is 1.80. The van der Waals surface area contributed by atoms with Crippen molar-refractivity contribution < 1.29 is 18.7 Å². The van der Waals surface area contributed by atoms with Crippen molar-refractivity contribution in [1.29, 1.82) is 0 Å². The summed E-state index contributed by atoms with van der Waals surface area (Å²) in [7, 11) is 1.29. The molecule has 2 heterocycles. The number of methoxy groups -OCH3 is 1. The van der Waals surface area contributed by atoms with Gasteiger partial charge in [0.15, 0.2) is 17.3 Å². The Morgan fingerprint density at radius 2 is 2.07 bits per heavy atom. The number of esters is 1. The predicted molar refractivity (Wildman–Crippen MR) is 108 cm³/mol. The van der Waals surface area contributed by atoms with Crippen molar-refractivity contribution in [3.63, 3.8) is 0 Å². The molecular formula is C20H24ClFN4O3. The molecule has 0 atom stereocenters. The van der Waals surface area contributed by atoms with E-state index in [-0.39, 0.29) is 22.8 Å². The third-order valence-electron chi connectivity index (χ3n) is 4.73. The molecule has 7 nitrogen and oxygen atoms in total. The number of aromatic nitrogens is 2. The van der Waals surface area contributed by atoms with E-state index in [4.69, 9.17) is 16.3 Å². The number of anilines is 1. The van der Waals surface area contributed by atoms with Crippen molar-refractivity contribution in [1.82, 2.24) is 14.9 Å². The number of nitrogens with zero attached hydrogens (tertiary/aromatic N) is 3. The van der Waals surface area contributed by atoms with Crippen LogP contribution in [0.15, 0.2) is 24.3 Å². The van der Waals surface area contributed by atoms with E-state index in [2.05, 4.69) is 24.9 Å². The first-order valence-corrected chi connectivity index (χ1v) is 9.89. The average Bonchev–Trinajstić information content (AvgIpc) is 2.71.